The number of thiophene rings is 1. The van der Waals surface area contributed by atoms with Crippen LogP contribution in [0.5, 0.6) is 5.75 Å². The number of carbonyl (C=O) groups excluding carboxylic acids is 1. The van der Waals surface area contributed by atoms with Crippen LogP contribution in [-0.2, 0) is 17.8 Å². The molecule has 0 N–H and O–H groups in total. The van der Waals surface area contributed by atoms with Gasteiger partial charge in [-0.1, -0.05) is 6.07 Å². The third-order valence-electron chi connectivity index (χ3n) is 4.09. The molecular weight excluding hydrogens is 318 g/mol. The first-order chi connectivity index (χ1) is 11.4. The number of aromatic nitrogens is 1. The molecule has 0 unspecified atom stereocenters. The van der Waals surface area contributed by atoms with Crippen molar-refractivity contribution in [3.8, 4) is 5.75 Å². The van der Waals surface area contributed by atoms with E-state index in [1.807, 2.05) is 19.9 Å². The van der Waals surface area contributed by atoms with Gasteiger partial charge in [-0.05, 0) is 67.8 Å². The minimum absolute atomic E-state index is 0.191. The quantitative estimate of drug-likeness (QED) is 0.661. The highest BCUT2D eigenvalue weighted by Crippen LogP contribution is 2.33. The van der Waals surface area contributed by atoms with Crippen LogP contribution in [0.3, 0.4) is 0 Å². The largest absolute Gasteiger partial charge is 0.489 e. The second-order valence-electron chi connectivity index (χ2n) is 6.24. The maximum atomic E-state index is 11.4. The molecule has 124 valence electrons. The van der Waals surface area contributed by atoms with E-state index in [0.717, 1.165) is 33.8 Å². The van der Waals surface area contributed by atoms with E-state index in [-0.39, 0.29) is 5.78 Å². The minimum atomic E-state index is 0.191. The van der Waals surface area contributed by atoms with Gasteiger partial charge in [-0.25, -0.2) is 0 Å². The third-order valence-corrected chi connectivity index (χ3v) is 5.07. The van der Waals surface area contributed by atoms with Gasteiger partial charge in [0, 0.05) is 28.1 Å². The van der Waals surface area contributed by atoms with E-state index in [2.05, 4.69) is 35.5 Å². The molecule has 0 fully saturated rings. The number of fused-ring (bicyclic) bond motifs is 1. The Morgan fingerprint density at radius 1 is 1.17 bits per heavy atom. The number of aryl methyl sites for hydroxylation is 3. The number of Topliss-reactive ketones (excluding diaryl/α,β-unsaturated/α-hetero) is 1. The lowest BCUT2D eigenvalue weighted by Gasteiger charge is -2.10. The summed E-state index contributed by atoms with van der Waals surface area (Å²) < 4.78 is 7.16. The number of hydrogen-bond donors (Lipinski definition) is 0. The lowest BCUT2D eigenvalue weighted by molar-refractivity contribution is -0.116. The van der Waals surface area contributed by atoms with Crippen molar-refractivity contribution in [1.82, 2.24) is 4.98 Å². The van der Waals surface area contributed by atoms with E-state index in [0.29, 0.717) is 13.0 Å². The van der Waals surface area contributed by atoms with Gasteiger partial charge in [0.2, 0.25) is 0 Å². The van der Waals surface area contributed by atoms with Crippen LogP contribution < -0.4 is 4.74 Å². The van der Waals surface area contributed by atoms with Gasteiger partial charge in [0.05, 0.1) is 0 Å². The number of pyridine rings is 1. The number of carbonyl (C=O) groups is 1. The Morgan fingerprint density at radius 2 is 1.96 bits per heavy atom. The highest BCUT2D eigenvalue weighted by molar-refractivity contribution is 7.17. The number of hydrogen-bond acceptors (Lipinski definition) is 4. The molecule has 0 saturated heterocycles. The van der Waals surface area contributed by atoms with Gasteiger partial charge < -0.3 is 4.74 Å². The fourth-order valence-corrected chi connectivity index (χ4v) is 4.00. The molecule has 0 atom stereocenters. The minimum Gasteiger partial charge on any atom is -0.489 e. The predicted octanol–water partition coefficient (Wildman–Crippen LogP) is 4.93. The van der Waals surface area contributed by atoms with E-state index < -0.39 is 0 Å². The Balaban J connectivity index is 1.84. The van der Waals surface area contributed by atoms with Gasteiger partial charge in [0.15, 0.2) is 0 Å². The van der Waals surface area contributed by atoms with Gasteiger partial charge in [0.1, 0.15) is 18.1 Å². The number of benzene rings is 1. The van der Waals surface area contributed by atoms with Crippen molar-refractivity contribution >= 4 is 27.2 Å². The van der Waals surface area contributed by atoms with Crippen LogP contribution in [0.1, 0.15) is 35.0 Å². The summed E-state index contributed by atoms with van der Waals surface area (Å²) in [5.41, 5.74) is 5.39. The summed E-state index contributed by atoms with van der Waals surface area (Å²) in [5.74, 6) is 1.05. The molecule has 0 bridgehead atoms. The van der Waals surface area contributed by atoms with Gasteiger partial charge in [-0.2, -0.15) is 0 Å². The number of nitrogens with zero attached hydrogens (tertiary/aromatic N) is 1. The molecular formula is C20H21NO2S. The van der Waals surface area contributed by atoms with Crippen LogP contribution >= 0.6 is 11.3 Å². The second kappa shape index (κ2) is 6.73. The molecule has 3 nitrogen and oxygen atoms in total. The average Bonchev–Trinajstić information content (AvgIpc) is 2.89. The zero-order valence-corrected chi connectivity index (χ0v) is 15.3. The van der Waals surface area contributed by atoms with Crippen molar-refractivity contribution in [1.29, 1.82) is 0 Å². The fraction of sp³-hybridized carbons (Fsp3) is 0.300. The highest BCUT2D eigenvalue weighted by Gasteiger charge is 2.11. The molecule has 3 aromatic rings. The van der Waals surface area contributed by atoms with Crippen LogP contribution in [0.25, 0.3) is 10.1 Å². The zero-order valence-electron chi connectivity index (χ0n) is 14.5. The summed E-state index contributed by atoms with van der Waals surface area (Å²) in [6.07, 6.45) is 0.495. The lowest BCUT2D eigenvalue weighted by Crippen LogP contribution is -2.01. The first-order valence-corrected chi connectivity index (χ1v) is 8.88. The smallest absolute Gasteiger partial charge is 0.134 e. The molecule has 0 spiro atoms. The Kier molecular flexibility index (Phi) is 4.67. The van der Waals surface area contributed by atoms with Crippen LogP contribution in [0, 0.1) is 20.8 Å². The molecule has 2 heterocycles. The maximum absolute atomic E-state index is 11.4. The zero-order chi connectivity index (χ0) is 17.3. The van der Waals surface area contributed by atoms with E-state index in [9.17, 15) is 4.79 Å². The Hall–Kier alpha value is -2.20. The summed E-state index contributed by atoms with van der Waals surface area (Å²) in [7, 11) is 0. The summed E-state index contributed by atoms with van der Waals surface area (Å²) in [6.45, 7) is 8.21. The first kappa shape index (κ1) is 16.7. The van der Waals surface area contributed by atoms with Gasteiger partial charge >= 0.3 is 0 Å². The van der Waals surface area contributed by atoms with Crippen molar-refractivity contribution in [2.45, 2.75) is 40.7 Å². The average molecular weight is 339 g/mol. The molecule has 0 aliphatic heterocycles. The molecule has 0 saturated carbocycles. The summed E-state index contributed by atoms with van der Waals surface area (Å²) in [6, 6.07) is 8.19. The van der Waals surface area contributed by atoms with Crippen molar-refractivity contribution in [2.75, 3.05) is 0 Å². The van der Waals surface area contributed by atoms with Crippen LogP contribution in [0.2, 0.25) is 0 Å². The SMILES string of the molecule is CC(=O)Cc1csc2cc(OCc3ccc(C)nc3C)cc(C)c12. The molecule has 0 aliphatic rings. The van der Waals surface area contributed by atoms with Gasteiger partial charge in [-0.3, -0.25) is 9.78 Å². The monoisotopic (exact) mass is 339 g/mol. The van der Waals surface area contributed by atoms with Gasteiger partial charge in [-0.15, -0.1) is 11.3 Å². The summed E-state index contributed by atoms with van der Waals surface area (Å²) >= 11 is 1.67. The number of ketones is 1. The first-order valence-electron chi connectivity index (χ1n) is 8.00. The standard InChI is InChI=1S/C20H21NO2S/c1-12-7-18(23-10-16-6-5-13(2)21-15(16)4)9-19-20(12)17(11-24-19)8-14(3)22/h5-7,9,11H,8,10H2,1-4H3. The number of rotatable bonds is 5. The molecule has 0 amide bonds. The molecule has 3 rings (SSSR count). The fourth-order valence-electron chi connectivity index (χ4n) is 2.93. The Morgan fingerprint density at radius 3 is 2.67 bits per heavy atom. The third kappa shape index (κ3) is 3.49. The van der Waals surface area contributed by atoms with Crippen LogP contribution in [0.15, 0.2) is 29.6 Å². The maximum Gasteiger partial charge on any atom is 0.134 e. The van der Waals surface area contributed by atoms with Crippen molar-refractivity contribution in [2.24, 2.45) is 0 Å². The Labute approximate surface area is 146 Å². The van der Waals surface area contributed by atoms with E-state index in [1.165, 1.54) is 10.1 Å². The van der Waals surface area contributed by atoms with E-state index >= 15 is 0 Å². The predicted molar refractivity (Wildman–Crippen MR) is 99.0 cm³/mol. The van der Waals surface area contributed by atoms with Crippen LogP contribution in [0.4, 0.5) is 0 Å². The molecule has 1 aromatic carbocycles. The second-order valence-corrected chi connectivity index (χ2v) is 7.15. The van der Waals surface area contributed by atoms with Crippen molar-refractivity contribution in [3.63, 3.8) is 0 Å². The van der Waals surface area contributed by atoms with E-state index in [4.69, 9.17) is 4.74 Å². The van der Waals surface area contributed by atoms with Crippen molar-refractivity contribution in [3.05, 3.63) is 57.7 Å². The summed E-state index contributed by atoms with van der Waals surface area (Å²) in [5, 5.41) is 3.27. The molecule has 24 heavy (non-hydrogen) atoms. The molecule has 4 heteroatoms. The van der Waals surface area contributed by atoms with E-state index in [1.54, 1.807) is 18.3 Å². The lowest BCUT2D eigenvalue weighted by atomic mass is 10.0. The van der Waals surface area contributed by atoms with Gasteiger partial charge in [0.25, 0.3) is 0 Å². The van der Waals surface area contributed by atoms with Crippen LogP contribution in [-0.4, -0.2) is 10.8 Å². The highest BCUT2D eigenvalue weighted by atomic mass is 32.1. The molecule has 2 aromatic heterocycles. The van der Waals surface area contributed by atoms with Crippen molar-refractivity contribution < 1.29 is 9.53 Å². The topological polar surface area (TPSA) is 39.2 Å². The molecule has 0 radical (unpaired) electrons. The summed E-state index contributed by atoms with van der Waals surface area (Å²) in [4.78, 5) is 15.9. The number of ether oxygens (including phenoxy) is 1. The molecule has 0 aliphatic carbocycles. The Bertz CT molecular complexity index is 911. The normalized spacial score (nSPS) is 11.0.